The summed E-state index contributed by atoms with van der Waals surface area (Å²) in [5, 5.41) is 16.2. The van der Waals surface area contributed by atoms with Gasteiger partial charge < -0.3 is 30.9 Å². The van der Waals surface area contributed by atoms with Crippen molar-refractivity contribution in [3.63, 3.8) is 0 Å². The fraction of sp³-hybridized carbons (Fsp3) is 0.381. The van der Waals surface area contributed by atoms with E-state index in [1.165, 1.54) is 12.5 Å². The second-order valence-corrected chi connectivity index (χ2v) is 7.35. The number of nitrogens with zero attached hydrogens (tertiary/aromatic N) is 3. The Hall–Kier alpha value is -3.37. The van der Waals surface area contributed by atoms with E-state index in [9.17, 15) is 9.90 Å². The molecule has 0 aliphatic carbocycles. The molecule has 1 aromatic heterocycles. The maximum atomic E-state index is 12.5. The van der Waals surface area contributed by atoms with Gasteiger partial charge in [-0.1, -0.05) is 12.1 Å². The molecular weight excluding hydrogens is 400 g/mol. The highest BCUT2D eigenvalue weighted by Crippen LogP contribution is 2.28. The molecule has 164 valence electrons. The third kappa shape index (κ3) is 5.22. The number of aromatic hydroxyl groups is 1. The van der Waals surface area contributed by atoms with Crippen LogP contribution in [0.5, 0.6) is 5.88 Å². The van der Waals surface area contributed by atoms with Crippen LogP contribution in [0.2, 0.25) is 0 Å². The van der Waals surface area contributed by atoms with Crippen LogP contribution in [0.3, 0.4) is 0 Å². The molecule has 0 spiro atoms. The van der Waals surface area contributed by atoms with Gasteiger partial charge in [0.15, 0.2) is 6.40 Å². The molecule has 5 N–H and O–H groups in total. The van der Waals surface area contributed by atoms with Crippen molar-refractivity contribution < 1.29 is 19.4 Å². The van der Waals surface area contributed by atoms with Gasteiger partial charge in [-0.2, -0.15) is 4.98 Å². The van der Waals surface area contributed by atoms with Crippen LogP contribution < -0.4 is 16.4 Å². The lowest BCUT2D eigenvalue weighted by Crippen LogP contribution is -2.41. The molecule has 1 amide bonds. The topological polar surface area (TPSA) is 134 Å². The van der Waals surface area contributed by atoms with Gasteiger partial charge in [-0.05, 0) is 17.7 Å². The first-order chi connectivity index (χ1) is 15.1. The van der Waals surface area contributed by atoms with Crippen molar-refractivity contribution in [1.82, 2.24) is 15.2 Å². The Balaban J connectivity index is 1.35. The molecule has 10 heteroatoms. The molecule has 2 aliphatic heterocycles. The molecule has 31 heavy (non-hydrogen) atoms. The van der Waals surface area contributed by atoms with E-state index in [1.807, 2.05) is 24.3 Å². The summed E-state index contributed by atoms with van der Waals surface area (Å²) >= 11 is 0. The van der Waals surface area contributed by atoms with Crippen LogP contribution in [0.25, 0.3) is 0 Å². The normalized spacial score (nSPS) is 18.5. The van der Waals surface area contributed by atoms with Crippen molar-refractivity contribution in [3.8, 4) is 5.88 Å². The SMILES string of the molecule is Nc1cc(Nc2ccc(C3CN=CO3)cc2)nc(O)c1C(=O)NCCN1CCOCC1. The predicted molar refractivity (Wildman–Crippen MR) is 117 cm³/mol. The standard InChI is InChI=1S/C21H26N6O4/c22-16-11-18(25-15-3-1-14(2-4-15)17-12-23-13-31-17)26-21(29)19(16)20(28)24-5-6-27-7-9-30-10-8-27/h1-4,11,13,17H,5-10,12H2,(H,24,28)(H4,22,25,26,29). The smallest absolute Gasteiger partial charge is 0.258 e. The number of amides is 1. The average Bonchev–Trinajstić information content (AvgIpc) is 3.29. The summed E-state index contributed by atoms with van der Waals surface area (Å²) in [7, 11) is 0. The van der Waals surface area contributed by atoms with Crippen LogP contribution in [-0.2, 0) is 9.47 Å². The van der Waals surface area contributed by atoms with Gasteiger partial charge in [0.25, 0.3) is 5.91 Å². The fourth-order valence-electron chi connectivity index (χ4n) is 3.50. The van der Waals surface area contributed by atoms with E-state index >= 15 is 0 Å². The van der Waals surface area contributed by atoms with E-state index in [-0.39, 0.29) is 17.4 Å². The Bertz CT molecular complexity index is 912. The Labute approximate surface area is 180 Å². The lowest BCUT2D eigenvalue weighted by molar-refractivity contribution is 0.0383. The molecule has 1 saturated heterocycles. The van der Waals surface area contributed by atoms with Crippen molar-refractivity contribution in [2.45, 2.75) is 6.10 Å². The number of rotatable bonds is 7. The van der Waals surface area contributed by atoms with E-state index in [0.717, 1.165) is 24.3 Å². The van der Waals surface area contributed by atoms with Crippen molar-refractivity contribution in [2.24, 2.45) is 4.99 Å². The van der Waals surface area contributed by atoms with Gasteiger partial charge in [0.1, 0.15) is 17.5 Å². The minimum atomic E-state index is -0.453. The van der Waals surface area contributed by atoms with Crippen LogP contribution in [0.4, 0.5) is 17.2 Å². The summed E-state index contributed by atoms with van der Waals surface area (Å²) in [5.74, 6) is -0.530. The van der Waals surface area contributed by atoms with Gasteiger partial charge in [0.2, 0.25) is 5.88 Å². The third-order valence-electron chi connectivity index (χ3n) is 5.20. The van der Waals surface area contributed by atoms with E-state index in [1.54, 1.807) is 0 Å². The number of benzene rings is 1. The van der Waals surface area contributed by atoms with Crippen LogP contribution in [0.1, 0.15) is 22.0 Å². The van der Waals surface area contributed by atoms with Gasteiger partial charge >= 0.3 is 0 Å². The predicted octanol–water partition coefficient (Wildman–Crippen LogP) is 1.27. The van der Waals surface area contributed by atoms with Gasteiger partial charge in [-0.25, -0.2) is 0 Å². The zero-order valence-corrected chi connectivity index (χ0v) is 17.1. The molecule has 1 aromatic carbocycles. The highest BCUT2D eigenvalue weighted by Gasteiger charge is 2.19. The first kappa shape index (κ1) is 20.9. The molecule has 10 nitrogen and oxygen atoms in total. The lowest BCUT2D eigenvalue weighted by atomic mass is 10.1. The number of morpholine rings is 1. The molecular formula is C21H26N6O4. The van der Waals surface area contributed by atoms with E-state index in [4.69, 9.17) is 15.2 Å². The number of nitrogen functional groups attached to an aromatic ring is 1. The van der Waals surface area contributed by atoms with E-state index in [0.29, 0.717) is 38.7 Å². The van der Waals surface area contributed by atoms with Crippen LogP contribution in [0.15, 0.2) is 35.3 Å². The number of ether oxygens (including phenoxy) is 2. The monoisotopic (exact) mass is 426 g/mol. The van der Waals surface area contributed by atoms with Crippen LogP contribution in [-0.4, -0.2) is 73.2 Å². The van der Waals surface area contributed by atoms with Crippen molar-refractivity contribution in [2.75, 3.05) is 57.0 Å². The highest BCUT2D eigenvalue weighted by molar-refractivity contribution is 6.01. The Morgan fingerprint density at radius 1 is 1.26 bits per heavy atom. The van der Waals surface area contributed by atoms with Gasteiger partial charge in [-0.3, -0.25) is 14.7 Å². The molecule has 1 fully saturated rings. The average molecular weight is 426 g/mol. The Morgan fingerprint density at radius 3 is 2.71 bits per heavy atom. The summed E-state index contributed by atoms with van der Waals surface area (Å²) in [6.07, 6.45) is 1.40. The van der Waals surface area contributed by atoms with Gasteiger partial charge in [0, 0.05) is 37.9 Å². The second kappa shape index (κ2) is 9.63. The Morgan fingerprint density at radius 2 is 2.03 bits per heavy atom. The maximum Gasteiger partial charge on any atom is 0.258 e. The molecule has 4 rings (SSSR count). The van der Waals surface area contributed by atoms with Crippen molar-refractivity contribution >= 4 is 29.5 Å². The molecule has 0 saturated carbocycles. The first-order valence-electron chi connectivity index (χ1n) is 10.2. The fourth-order valence-corrected chi connectivity index (χ4v) is 3.50. The molecule has 0 radical (unpaired) electrons. The molecule has 0 bridgehead atoms. The van der Waals surface area contributed by atoms with Crippen LogP contribution >= 0.6 is 0 Å². The number of carbonyl (C=O) groups is 1. The van der Waals surface area contributed by atoms with Gasteiger partial charge in [-0.15, -0.1) is 0 Å². The number of nitrogens with two attached hydrogens (primary N) is 1. The summed E-state index contributed by atoms with van der Waals surface area (Å²) in [6, 6.07) is 9.14. The summed E-state index contributed by atoms with van der Waals surface area (Å²) in [5.41, 5.74) is 7.94. The number of carbonyl (C=O) groups excluding carboxylic acids is 1. The van der Waals surface area contributed by atoms with E-state index in [2.05, 4.69) is 25.5 Å². The quantitative estimate of drug-likeness (QED) is 0.520. The summed E-state index contributed by atoms with van der Waals surface area (Å²) < 4.78 is 10.7. The number of aromatic nitrogens is 1. The molecule has 2 aliphatic rings. The second-order valence-electron chi connectivity index (χ2n) is 7.35. The minimum absolute atomic E-state index is 0.0266. The highest BCUT2D eigenvalue weighted by atomic mass is 16.5. The number of hydrogen-bond acceptors (Lipinski definition) is 9. The zero-order valence-electron chi connectivity index (χ0n) is 17.1. The molecule has 1 atom stereocenters. The van der Waals surface area contributed by atoms with Gasteiger partial charge in [0.05, 0.1) is 25.4 Å². The zero-order chi connectivity index (χ0) is 21.6. The third-order valence-corrected chi connectivity index (χ3v) is 5.20. The summed E-state index contributed by atoms with van der Waals surface area (Å²) in [4.78, 5) is 22.8. The van der Waals surface area contributed by atoms with E-state index < -0.39 is 11.8 Å². The number of pyridine rings is 1. The van der Waals surface area contributed by atoms with Crippen molar-refractivity contribution in [3.05, 3.63) is 41.5 Å². The minimum Gasteiger partial charge on any atom is -0.493 e. The van der Waals surface area contributed by atoms with Crippen molar-refractivity contribution in [1.29, 1.82) is 0 Å². The molecule has 2 aromatic rings. The molecule has 3 heterocycles. The largest absolute Gasteiger partial charge is 0.493 e. The van der Waals surface area contributed by atoms with Crippen LogP contribution in [0, 0.1) is 0 Å². The first-order valence-corrected chi connectivity index (χ1v) is 10.2. The number of aliphatic imine (C=N–C) groups is 1. The summed E-state index contributed by atoms with van der Waals surface area (Å²) in [6.45, 7) is 4.84. The number of nitrogens with one attached hydrogen (secondary N) is 2. The number of anilines is 3. The number of hydrogen-bond donors (Lipinski definition) is 4. The lowest BCUT2D eigenvalue weighted by Gasteiger charge is -2.26. The maximum absolute atomic E-state index is 12.5. The Kier molecular flexibility index (Phi) is 6.48. The molecule has 1 unspecified atom stereocenters.